The molecule has 2 aromatic rings. The molecule has 2 rings (SSSR count). The van der Waals surface area contributed by atoms with Gasteiger partial charge in [-0.3, -0.25) is 0 Å². The van der Waals surface area contributed by atoms with Crippen LogP contribution in [0.5, 0.6) is 0 Å². The molecule has 0 saturated carbocycles. The van der Waals surface area contributed by atoms with Crippen LogP contribution in [0.25, 0.3) is 0 Å². The summed E-state index contributed by atoms with van der Waals surface area (Å²) in [5.41, 5.74) is 3.70. The van der Waals surface area contributed by atoms with E-state index >= 15 is 0 Å². The van der Waals surface area contributed by atoms with Crippen LogP contribution in [0.1, 0.15) is 31.9 Å². The summed E-state index contributed by atoms with van der Waals surface area (Å²) in [6.45, 7) is 11.6. The zero-order chi connectivity index (χ0) is 13.9. The molecule has 0 aliphatic heterocycles. The van der Waals surface area contributed by atoms with E-state index in [2.05, 4.69) is 87.2 Å². The van der Waals surface area contributed by atoms with Gasteiger partial charge < -0.3 is 4.90 Å². The first-order chi connectivity index (χ1) is 8.97. The highest BCUT2D eigenvalue weighted by atomic mass is 15.2. The van der Waals surface area contributed by atoms with E-state index in [0.29, 0.717) is 0 Å². The van der Waals surface area contributed by atoms with Crippen LogP contribution >= 0.6 is 0 Å². The van der Waals surface area contributed by atoms with Gasteiger partial charge >= 0.3 is 0 Å². The predicted octanol–water partition coefficient (Wildman–Crippen LogP) is 4.67. The van der Waals surface area contributed by atoms with Crippen LogP contribution < -0.4 is 4.90 Å². The molecular weight excluding hydrogens is 230 g/mol. The Balaban J connectivity index is 2.29. The van der Waals surface area contributed by atoms with Gasteiger partial charge in [0.2, 0.25) is 0 Å². The molecule has 0 atom stereocenters. The van der Waals surface area contributed by atoms with Crippen LogP contribution in [0.15, 0.2) is 54.6 Å². The number of benzene rings is 2. The molecule has 0 heterocycles. The average Bonchev–Trinajstić information content (AvgIpc) is 2.37. The minimum Gasteiger partial charge on any atom is -0.362 e. The van der Waals surface area contributed by atoms with E-state index in [1.54, 1.807) is 0 Å². The lowest BCUT2D eigenvalue weighted by atomic mass is 10.0. The SMILES string of the molecule is [CH2]c1ccc(N(Cc2ccccc2)C(C)(C)C)cc1. The number of hydrogen-bond acceptors (Lipinski definition) is 1. The zero-order valence-electron chi connectivity index (χ0n) is 12.1. The van der Waals surface area contributed by atoms with Gasteiger partial charge in [0.05, 0.1) is 0 Å². The average molecular weight is 252 g/mol. The fourth-order valence-electron chi connectivity index (χ4n) is 2.16. The van der Waals surface area contributed by atoms with E-state index in [1.807, 2.05) is 0 Å². The standard InChI is InChI=1S/C18H22N/c1-15-10-12-17(13-11-15)19(18(2,3)4)14-16-8-6-5-7-9-16/h5-13H,1,14H2,2-4H3. The number of anilines is 1. The van der Waals surface area contributed by atoms with Gasteiger partial charge in [-0.1, -0.05) is 42.5 Å². The molecule has 0 unspecified atom stereocenters. The Bertz CT molecular complexity index is 506. The van der Waals surface area contributed by atoms with Crippen molar-refractivity contribution in [2.45, 2.75) is 32.9 Å². The fourth-order valence-corrected chi connectivity index (χ4v) is 2.16. The van der Waals surface area contributed by atoms with Crippen LogP contribution in [0, 0.1) is 6.92 Å². The smallest absolute Gasteiger partial charge is 0.0434 e. The molecule has 0 bridgehead atoms. The lowest BCUT2D eigenvalue weighted by Gasteiger charge is -2.38. The summed E-state index contributed by atoms with van der Waals surface area (Å²) in [6, 6.07) is 19.0. The highest BCUT2D eigenvalue weighted by molar-refractivity contribution is 5.50. The first-order valence-corrected chi connectivity index (χ1v) is 6.70. The highest BCUT2D eigenvalue weighted by Gasteiger charge is 2.21. The van der Waals surface area contributed by atoms with Crippen molar-refractivity contribution in [1.82, 2.24) is 0 Å². The van der Waals surface area contributed by atoms with Crippen LogP contribution in [0.2, 0.25) is 0 Å². The first kappa shape index (κ1) is 13.7. The Morgan fingerprint density at radius 1 is 0.895 bits per heavy atom. The largest absolute Gasteiger partial charge is 0.362 e. The van der Waals surface area contributed by atoms with Crippen molar-refractivity contribution < 1.29 is 0 Å². The monoisotopic (exact) mass is 252 g/mol. The molecule has 1 nitrogen and oxygen atoms in total. The van der Waals surface area contributed by atoms with Crippen LogP contribution in [-0.2, 0) is 6.54 Å². The second-order valence-corrected chi connectivity index (χ2v) is 5.91. The van der Waals surface area contributed by atoms with E-state index in [4.69, 9.17) is 0 Å². The van der Waals surface area contributed by atoms with Gasteiger partial charge in [-0.25, -0.2) is 0 Å². The molecule has 0 aliphatic rings. The van der Waals surface area contributed by atoms with E-state index in [0.717, 1.165) is 12.1 Å². The van der Waals surface area contributed by atoms with E-state index in [9.17, 15) is 0 Å². The Morgan fingerprint density at radius 2 is 1.47 bits per heavy atom. The van der Waals surface area contributed by atoms with E-state index < -0.39 is 0 Å². The first-order valence-electron chi connectivity index (χ1n) is 6.70. The van der Waals surface area contributed by atoms with Crippen molar-refractivity contribution in [2.75, 3.05) is 4.90 Å². The second-order valence-electron chi connectivity index (χ2n) is 5.91. The molecule has 2 aromatic carbocycles. The van der Waals surface area contributed by atoms with Gasteiger partial charge in [0.15, 0.2) is 0 Å². The molecule has 99 valence electrons. The van der Waals surface area contributed by atoms with Crippen molar-refractivity contribution in [3.8, 4) is 0 Å². The summed E-state index contributed by atoms with van der Waals surface area (Å²) in [4.78, 5) is 2.42. The minimum absolute atomic E-state index is 0.0819. The third-order valence-electron chi connectivity index (χ3n) is 3.24. The van der Waals surface area contributed by atoms with Gasteiger partial charge in [-0.2, -0.15) is 0 Å². The van der Waals surface area contributed by atoms with Gasteiger partial charge in [-0.15, -0.1) is 0 Å². The maximum atomic E-state index is 3.95. The number of hydrogen-bond donors (Lipinski definition) is 0. The molecule has 0 spiro atoms. The second kappa shape index (κ2) is 5.48. The molecule has 0 fully saturated rings. The fraction of sp³-hybridized carbons (Fsp3) is 0.278. The molecule has 1 heteroatoms. The highest BCUT2D eigenvalue weighted by Crippen LogP contribution is 2.26. The minimum atomic E-state index is 0.0819. The van der Waals surface area contributed by atoms with Crippen molar-refractivity contribution in [3.63, 3.8) is 0 Å². The molecule has 0 N–H and O–H groups in total. The van der Waals surface area contributed by atoms with Crippen molar-refractivity contribution in [2.24, 2.45) is 0 Å². The van der Waals surface area contributed by atoms with Crippen LogP contribution in [-0.4, -0.2) is 5.54 Å². The van der Waals surface area contributed by atoms with Crippen molar-refractivity contribution >= 4 is 5.69 Å². The maximum absolute atomic E-state index is 3.95. The van der Waals surface area contributed by atoms with Gasteiger partial charge in [0.1, 0.15) is 0 Å². The molecule has 0 amide bonds. The Morgan fingerprint density at radius 3 is 2.00 bits per heavy atom. The summed E-state index contributed by atoms with van der Waals surface area (Å²) in [7, 11) is 0. The Hall–Kier alpha value is -1.76. The molecular formula is C18H22N. The molecule has 0 saturated heterocycles. The quantitative estimate of drug-likeness (QED) is 0.767. The Labute approximate surface area is 116 Å². The number of rotatable bonds is 3. The maximum Gasteiger partial charge on any atom is 0.0434 e. The molecule has 19 heavy (non-hydrogen) atoms. The van der Waals surface area contributed by atoms with E-state index in [1.165, 1.54) is 11.3 Å². The van der Waals surface area contributed by atoms with Crippen molar-refractivity contribution in [1.29, 1.82) is 0 Å². The summed E-state index contributed by atoms with van der Waals surface area (Å²) in [5.74, 6) is 0. The topological polar surface area (TPSA) is 3.24 Å². The third-order valence-corrected chi connectivity index (χ3v) is 3.24. The lowest BCUT2D eigenvalue weighted by Crippen LogP contribution is -2.40. The molecule has 0 aromatic heterocycles. The van der Waals surface area contributed by atoms with Crippen LogP contribution in [0.4, 0.5) is 5.69 Å². The van der Waals surface area contributed by atoms with Gasteiger partial charge in [0, 0.05) is 17.8 Å². The lowest BCUT2D eigenvalue weighted by molar-refractivity contribution is 0.501. The predicted molar refractivity (Wildman–Crippen MR) is 83.3 cm³/mol. The van der Waals surface area contributed by atoms with E-state index in [-0.39, 0.29) is 5.54 Å². The van der Waals surface area contributed by atoms with Gasteiger partial charge in [0.25, 0.3) is 0 Å². The number of nitrogens with zero attached hydrogens (tertiary/aromatic N) is 1. The Kier molecular flexibility index (Phi) is 3.94. The van der Waals surface area contributed by atoms with Gasteiger partial charge in [-0.05, 0) is 51.0 Å². The van der Waals surface area contributed by atoms with Crippen LogP contribution in [0.3, 0.4) is 0 Å². The normalized spacial score (nSPS) is 11.4. The summed E-state index contributed by atoms with van der Waals surface area (Å²) < 4.78 is 0. The summed E-state index contributed by atoms with van der Waals surface area (Å²) >= 11 is 0. The zero-order valence-corrected chi connectivity index (χ0v) is 12.1. The summed E-state index contributed by atoms with van der Waals surface area (Å²) in [6.07, 6.45) is 0. The van der Waals surface area contributed by atoms with Crippen molar-refractivity contribution in [3.05, 3.63) is 72.6 Å². The molecule has 0 aliphatic carbocycles. The molecule has 1 radical (unpaired) electrons. The summed E-state index contributed by atoms with van der Waals surface area (Å²) in [5, 5.41) is 0. The third kappa shape index (κ3) is 3.60.